The van der Waals surface area contributed by atoms with Crippen molar-refractivity contribution in [2.75, 3.05) is 72.0 Å². The lowest BCUT2D eigenvalue weighted by Gasteiger charge is -2.27. The maximum absolute atomic E-state index is 13.2. The molecular formula is C32H33N3O5S. The van der Waals surface area contributed by atoms with Crippen molar-refractivity contribution in [1.29, 1.82) is 0 Å². The fraction of sp³-hybridized carbons (Fsp3) is 0.312. The van der Waals surface area contributed by atoms with E-state index < -0.39 is 0 Å². The van der Waals surface area contributed by atoms with E-state index >= 15 is 0 Å². The molecule has 0 spiro atoms. The van der Waals surface area contributed by atoms with Crippen LogP contribution in [0.2, 0.25) is 0 Å². The first-order valence-corrected chi connectivity index (χ1v) is 14.6. The van der Waals surface area contributed by atoms with E-state index in [1.807, 2.05) is 61.5 Å². The van der Waals surface area contributed by atoms with E-state index in [9.17, 15) is 9.59 Å². The third kappa shape index (κ3) is 5.40. The zero-order chi connectivity index (χ0) is 28.5. The van der Waals surface area contributed by atoms with E-state index in [1.54, 1.807) is 29.4 Å². The number of likely N-dealkylation sites (N-methyl/N-ethyl adjacent to an activating group) is 2. The molecule has 3 aromatic carbocycles. The lowest BCUT2D eigenvalue weighted by atomic mass is 10.00. The molecule has 212 valence electrons. The number of anilines is 1. The van der Waals surface area contributed by atoms with Crippen molar-refractivity contribution >= 4 is 54.3 Å². The molecule has 0 bridgehead atoms. The highest BCUT2D eigenvalue weighted by atomic mass is 32.1. The Morgan fingerprint density at radius 2 is 1.73 bits per heavy atom. The van der Waals surface area contributed by atoms with E-state index in [4.69, 9.17) is 13.9 Å². The molecule has 1 amide bonds. The summed E-state index contributed by atoms with van der Waals surface area (Å²) in [6, 6.07) is 19.4. The Kier molecular flexibility index (Phi) is 7.66. The average Bonchev–Trinajstić information content (AvgIpc) is 3.39. The Hall–Kier alpha value is -3.92. The second kappa shape index (κ2) is 11.5. The zero-order valence-electron chi connectivity index (χ0n) is 23.5. The summed E-state index contributed by atoms with van der Waals surface area (Å²) < 4.78 is 20.3. The summed E-state index contributed by atoms with van der Waals surface area (Å²) in [4.78, 5) is 31.8. The topological polar surface area (TPSA) is 75.5 Å². The lowest BCUT2D eigenvalue weighted by molar-refractivity contribution is -0.132. The predicted molar refractivity (Wildman–Crippen MR) is 166 cm³/mol. The monoisotopic (exact) mass is 571 g/mol. The molecular weight excluding hydrogens is 538 g/mol. The number of morpholine rings is 1. The van der Waals surface area contributed by atoms with Crippen LogP contribution in [0.15, 0.2) is 69.9 Å². The van der Waals surface area contributed by atoms with Crippen molar-refractivity contribution < 1.29 is 18.7 Å². The quantitative estimate of drug-likeness (QED) is 0.258. The second-order valence-corrected chi connectivity index (χ2v) is 11.6. The number of ether oxygens (including phenoxy) is 2. The van der Waals surface area contributed by atoms with Crippen LogP contribution in [0.4, 0.5) is 5.88 Å². The van der Waals surface area contributed by atoms with Crippen LogP contribution in [0.25, 0.3) is 42.3 Å². The number of nitrogens with zero attached hydrogens (tertiary/aromatic N) is 3. The molecule has 0 unspecified atom stereocenters. The third-order valence-electron chi connectivity index (χ3n) is 7.50. The molecule has 8 nitrogen and oxygen atoms in total. The summed E-state index contributed by atoms with van der Waals surface area (Å²) in [5, 5.41) is 2.56. The molecule has 1 saturated heterocycles. The van der Waals surface area contributed by atoms with Gasteiger partial charge >= 0.3 is 0 Å². The van der Waals surface area contributed by atoms with Gasteiger partial charge in [0, 0.05) is 70.6 Å². The molecule has 0 radical (unpaired) electrons. The Bertz CT molecular complexity index is 1790. The molecule has 1 fully saturated rings. The van der Waals surface area contributed by atoms with E-state index in [1.165, 1.54) is 0 Å². The van der Waals surface area contributed by atoms with Gasteiger partial charge in [-0.05, 0) is 38.4 Å². The summed E-state index contributed by atoms with van der Waals surface area (Å²) in [5.74, 6) is 1.14. The van der Waals surface area contributed by atoms with Crippen LogP contribution in [-0.2, 0) is 9.53 Å². The van der Waals surface area contributed by atoms with Crippen LogP contribution in [0.1, 0.15) is 0 Å². The molecule has 3 heterocycles. The number of hydrogen-bond donors (Lipinski definition) is 0. The van der Waals surface area contributed by atoms with Crippen molar-refractivity contribution in [2.24, 2.45) is 0 Å². The number of thiophene rings is 1. The van der Waals surface area contributed by atoms with Gasteiger partial charge in [-0.2, -0.15) is 0 Å². The summed E-state index contributed by atoms with van der Waals surface area (Å²) >= 11 is 1.67. The van der Waals surface area contributed by atoms with Crippen LogP contribution in [-0.4, -0.2) is 82.8 Å². The zero-order valence-corrected chi connectivity index (χ0v) is 24.3. The van der Waals surface area contributed by atoms with Gasteiger partial charge in [0.1, 0.15) is 11.3 Å². The number of hydrogen-bond acceptors (Lipinski definition) is 8. The smallest absolute Gasteiger partial charge is 0.260 e. The predicted octanol–water partition coefficient (Wildman–Crippen LogP) is 5.06. The highest BCUT2D eigenvalue weighted by Gasteiger charge is 2.21. The standard InChI is InChI=1S/C32H33N3O5S/c1-33(2)13-14-34(3)28(37)20-39-26-12-11-22(32-30(26)24-7-4-5-10-27(24)41-32)21-8-6-9-23-25(36)19-29(40-31(21)23)35-15-17-38-18-16-35/h4-12,19H,13-18,20H2,1-3H3. The lowest BCUT2D eigenvalue weighted by Crippen LogP contribution is -2.36. The van der Waals surface area contributed by atoms with E-state index in [-0.39, 0.29) is 17.9 Å². The first-order valence-electron chi connectivity index (χ1n) is 13.8. The molecule has 41 heavy (non-hydrogen) atoms. The number of carbonyl (C=O) groups is 1. The number of fused-ring (bicyclic) bond motifs is 4. The normalized spacial score (nSPS) is 13.9. The van der Waals surface area contributed by atoms with Gasteiger partial charge in [-0.3, -0.25) is 9.59 Å². The van der Waals surface area contributed by atoms with E-state index in [2.05, 4.69) is 17.0 Å². The molecule has 2 aromatic heterocycles. The largest absolute Gasteiger partial charge is 0.483 e. The van der Waals surface area contributed by atoms with Crippen LogP contribution < -0.4 is 15.1 Å². The molecule has 1 aliphatic heterocycles. The highest BCUT2D eigenvalue weighted by molar-refractivity contribution is 7.26. The maximum atomic E-state index is 13.2. The minimum atomic E-state index is -0.0740. The maximum Gasteiger partial charge on any atom is 0.260 e. The van der Waals surface area contributed by atoms with Crippen LogP contribution >= 0.6 is 11.3 Å². The second-order valence-electron chi connectivity index (χ2n) is 10.6. The molecule has 0 saturated carbocycles. The average molecular weight is 572 g/mol. The van der Waals surface area contributed by atoms with Crippen molar-refractivity contribution in [3.05, 3.63) is 70.9 Å². The Morgan fingerprint density at radius 1 is 0.951 bits per heavy atom. The van der Waals surface area contributed by atoms with Crippen molar-refractivity contribution in [3.63, 3.8) is 0 Å². The Morgan fingerprint density at radius 3 is 2.54 bits per heavy atom. The molecule has 1 aliphatic rings. The van der Waals surface area contributed by atoms with Gasteiger partial charge in [0.05, 0.1) is 18.6 Å². The first kappa shape index (κ1) is 27.3. The van der Waals surface area contributed by atoms with Crippen molar-refractivity contribution in [2.45, 2.75) is 0 Å². The number of amides is 1. The van der Waals surface area contributed by atoms with Gasteiger partial charge in [0.15, 0.2) is 17.9 Å². The number of rotatable bonds is 8. The summed E-state index contributed by atoms with van der Waals surface area (Å²) in [6.45, 7) is 3.91. The fourth-order valence-electron chi connectivity index (χ4n) is 5.17. The number of benzene rings is 3. The van der Waals surface area contributed by atoms with Crippen LogP contribution in [0, 0.1) is 0 Å². The molecule has 9 heteroatoms. The SMILES string of the molecule is CN(C)CCN(C)C(=O)COc1ccc(-c2cccc3c(=O)cc(N4CCOCC4)oc23)c2sc3ccccc3c12. The van der Waals surface area contributed by atoms with Gasteiger partial charge in [0.2, 0.25) is 0 Å². The van der Waals surface area contributed by atoms with Gasteiger partial charge in [-0.1, -0.05) is 30.3 Å². The first-order chi connectivity index (χ1) is 19.9. The minimum absolute atomic E-state index is 0.0470. The Labute approximate surface area is 242 Å². The third-order valence-corrected chi connectivity index (χ3v) is 8.71. The Balaban J connectivity index is 1.44. The van der Waals surface area contributed by atoms with E-state index in [0.717, 1.165) is 37.8 Å². The molecule has 6 rings (SSSR count). The van der Waals surface area contributed by atoms with Gasteiger partial charge < -0.3 is 28.6 Å². The highest BCUT2D eigenvalue weighted by Crippen LogP contribution is 2.45. The molecule has 0 N–H and O–H groups in total. The van der Waals surface area contributed by atoms with Crippen molar-refractivity contribution in [1.82, 2.24) is 9.80 Å². The van der Waals surface area contributed by atoms with Crippen LogP contribution in [0.3, 0.4) is 0 Å². The van der Waals surface area contributed by atoms with Crippen molar-refractivity contribution in [3.8, 4) is 16.9 Å². The summed E-state index contributed by atoms with van der Waals surface area (Å²) in [6.07, 6.45) is 0. The molecule has 0 aliphatic carbocycles. The molecule has 5 aromatic rings. The van der Waals surface area contributed by atoms with Gasteiger partial charge in [-0.25, -0.2) is 0 Å². The fourth-order valence-corrected chi connectivity index (χ4v) is 6.42. The molecule has 0 atom stereocenters. The number of para-hydroxylation sites is 1. The van der Waals surface area contributed by atoms with Gasteiger partial charge in [0.25, 0.3) is 5.91 Å². The van der Waals surface area contributed by atoms with Gasteiger partial charge in [-0.15, -0.1) is 11.3 Å². The summed E-state index contributed by atoms with van der Waals surface area (Å²) in [5.41, 5.74) is 2.29. The minimum Gasteiger partial charge on any atom is -0.483 e. The number of carbonyl (C=O) groups excluding carboxylic acids is 1. The van der Waals surface area contributed by atoms with E-state index in [0.29, 0.717) is 55.5 Å². The summed E-state index contributed by atoms with van der Waals surface area (Å²) in [7, 11) is 5.77. The van der Waals surface area contributed by atoms with Crippen LogP contribution in [0.5, 0.6) is 5.75 Å².